The van der Waals surface area contributed by atoms with Crippen molar-refractivity contribution in [1.82, 2.24) is 10.1 Å². The van der Waals surface area contributed by atoms with E-state index in [9.17, 15) is 5.11 Å². The number of aryl methyl sites for hydroxylation is 1. The molecule has 0 aliphatic carbocycles. The van der Waals surface area contributed by atoms with Crippen molar-refractivity contribution in [3.8, 4) is 17.1 Å². The van der Waals surface area contributed by atoms with E-state index >= 15 is 0 Å². The minimum Gasteiger partial charge on any atom is -0.507 e. The van der Waals surface area contributed by atoms with E-state index in [0.717, 1.165) is 0 Å². The molecule has 1 aromatic heterocycles. The van der Waals surface area contributed by atoms with E-state index in [0.29, 0.717) is 17.3 Å². The molecule has 0 unspecified atom stereocenters. The van der Waals surface area contributed by atoms with E-state index in [1.54, 1.807) is 31.2 Å². The number of aromatic nitrogens is 2. The van der Waals surface area contributed by atoms with Gasteiger partial charge in [-0.25, -0.2) is 0 Å². The lowest BCUT2D eigenvalue weighted by Crippen LogP contribution is -1.80. The Labute approximate surface area is 74.8 Å². The lowest BCUT2D eigenvalue weighted by molar-refractivity contribution is 0.394. The Morgan fingerprint density at radius 2 is 2.08 bits per heavy atom. The van der Waals surface area contributed by atoms with Crippen molar-refractivity contribution in [2.24, 2.45) is 0 Å². The van der Waals surface area contributed by atoms with Gasteiger partial charge in [0.1, 0.15) is 5.75 Å². The van der Waals surface area contributed by atoms with Crippen molar-refractivity contribution in [1.29, 1.82) is 0 Å². The summed E-state index contributed by atoms with van der Waals surface area (Å²) in [7, 11) is 0. The lowest BCUT2D eigenvalue weighted by Gasteiger charge is -1.96. The van der Waals surface area contributed by atoms with Crippen LogP contribution in [0.25, 0.3) is 11.4 Å². The number of phenols is 1. The van der Waals surface area contributed by atoms with Gasteiger partial charge in [0, 0.05) is 6.92 Å². The van der Waals surface area contributed by atoms with Gasteiger partial charge in [-0.1, -0.05) is 17.3 Å². The predicted octanol–water partition coefficient (Wildman–Crippen LogP) is 1.75. The van der Waals surface area contributed by atoms with Gasteiger partial charge in [0.2, 0.25) is 11.7 Å². The summed E-state index contributed by atoms with van der Waals surface area (Å²) in [6, 6.07) is 6.87. The molecule has 4 nitrogen and oxygen atoms in total. The second-order valence-electron chi connectivity index (χ2n) is 2.65. The number of phenolic OH excluding ortho intramolecular Hbond substituents is 1. The number of hydrogen-bond acceptors (Lipinski definition) is 4. The summed E-state index contributed by atoms with van der Waals surface area (Å²) in [5.41, 5.74) is 0.583. The van der Waals surface area contributed by atoms with Crippen molar-refractivity contribution < 1.29 is 9.63 Å². The highest BCUT2D eigenvalue weighted by atomic mass is 16.5. The first-order valence-corrected chi connectivity index (χ1v) is 3.86. The fraction of sp³-hybridized carbons (Fsp3) is 0.111. The van der Waals surface area contributed by atoms with Gasteiger partial charge in [-0.2, -0.15) is 4.98 Å². The molecule has 1 heterocycles. The Balaban J connectivity index is 2.52. The highest BCUT2D eigenvalue weighted by Crippen LogP contribution is 2.25. The molecule has 0 radical (unpaired) electrons. The molecule has 0 saturated carbocycles. The first-order chi connectivity index (χ1) is 6.27. The van der Waals surface area contributed by atoms with Crippen LogP contribution >= 0.6 is 0 Å². The molecule has 1 aromatic carbocycles. The predicted molar refractivity (Wildman–Crippen MR) is 46.1 cm³/mol. The van der Waals surface area contributed by atoms with Gasteiger partial charge in [0.15, 0.2) is 0 Å². The SMILES string of the molecule is Cc1nc(-c2ccccc2O)no1. The van der Waals surface area contributed by atoms with Gasteiger partial charge in [0.25, 0.3) is 0 Å². The molecule has 4 heteroatoms. The summed E-state index contributed by atoms with van der Waals surface area (Å²) in [4.78, 5) is 4.00. The quantitative estimate of drug-likeness (QED) is 0.719. The molecule has 66 valence electrons. The summed E-state index contributed by atoms with van der Waals surface area (Å²) in [5, 5.41) is 13.2. The van der Waals surface area contributed by atoms with Gasteiger partial charge in [-0.05, 0) is 12.1 Å². The van der Waals surface area contributed by atoms with Crippen LogP contribution in [0.1, 0.15) is 5.89 Å². The molecule has 0 aliphatic rings. The maximum atomic E-state index is 9.45. The molecule has 0 atom stereocenters. The Morgan fingerprint density at radius 3 is 2.69 bits per heavy atom. The molecule has 0 spiro atoms. The molecule has 0 fully saturated rings. The van der Waals surface area contributed by atoms with E-state index in [-0.39, 0.29) is 5.75 Å². The highest BCUT2D eigenvalue weighted by Gasteiger charge is 2.08. The zero-order chi connectivity index (χ0) is 9.26. The standard InChI is InChI=1S/C9H8N2O2/c1-6-10-9(11-13-6)7-4-2-3-5-8(7)12/h2-5,12H,1H3. The van der Waals surface area contributed by atoms with Crippen LogP contribution in [-0.2, 0) is 0 Å². The third-order valence-corrected chi connectivity index (χ3v) is 1.67. The monoisotopic (exact) mass is 176 g/mol. The molecule has 0 amide bonds. The van der Waals surface area contributed by atoms with Crippen LogP contribution in [0.5, 0.6) is 5.75 Å². The van der Waals surface area contributed by atoms with Crippen LogP contribution in [0.15, 0.2) is 28.8 Å². The lowest BCUT2D eigenvalue weighted by atomic mass is 10.2. The maximum absolute atomic E-state index is 9.45. The second-order valence-corrected chi connectivity index (χ2v) is 2.65. The topological polar surface area (TPSA) is 59.2 Å². The molecular formula is C9H8N2O2. The van der Waals surface area contributed by atoms with Crippen molar-refractivity contribution >= 4 is 0 Å². The number of aromatic hydroxyl groups is 1. The Morgan fingerprint density at radius 1 is 1.31 bits per heavy atom. The zero-order valence-corrected chi connectivity index (χ0v) is 7.06. The van der Waals surface area contributed by atoms with Crippen molar-refractivity contribution in [2.45, 2.75) is 6.92 Å². The minimum absolute atomic E-state index is 0.156. The smallest absolute Gasteiger partial charge is 0.223 e. The van der Waals surface area contributed by atoms with Crippen molar-refractivity contribution in [3.05, 3.63) is 30.2 Å². The van der Waals surface area contributed by atoms with E-state index < -0.39 is 0 Å². The van der Waals surface area contributed by atoms with Gasteiger partial charge >= 0.3 is 0 Å². The van der Waals surface area contributed by atoms with Crippen LogP contribution in [0.3, 0.4) is 0 Å². The number of hydrogen-bond donors (Lipinski definition) is 1. The van der Waals surface area contributed by atoms with E-state index in [4.69, 9.17) is 4.52 Å². The second kappa shape index (κ2) is 2.90. The molecule has 2 aromatic rings. The number of nitrogens with zero attached hydrogens (tertiary/aromatic N) is 2. The molecule has 0 saturated heterocycles. The maximum Gasteiger partial charge on any atom is 0.223 e. The summed E-state index contributed by atoms with van der Waals surface area (Å²) in [5.74, 6) is 1.05. The van der Waals surface area contributed by atoms with Crippen LogP contribution in [0.2, 0.25) is 0 Å². The Hall–Kier alpha value is -1.84. The molecule has 0 aliphatic heterocycles. The zero-order valence-electron chi connectivity index (χ0n) is 7.06. The van der Waals surface area contributed by atoms with E-state index in [2.05, 4.69) is 10.1 Å². The Kier molecular flexibility index (Phi) is 1.73. The Bertz CT molecular complexity index is 423. The molecular weight excluding hydrogens is 168 g/mol. The molecule has 2 rings (SSSR count). The van der Waals surface area contributed by atoms with E-state index in [1.165, 1.54) is 0 Å². The van der Waals surface area contributed by atoms with Gasteiger partial charge in [-0.3, -0.25) is 0 Å². The van der Waals surface area contributed by atoms with Crippen molar-refractivity contribution in [2.75, 3.05) is 0 Å². The normalized spacial score (nSPS) is 10.2. The summed E-state index contributed by atoms with van der Waals surface area (Å²) in [6.07, 6.45) is 0. The van der Waals surface area contributed by atoms with Crippen molar-refractivity contribution in [3.63, 3.8) is 0 Å². The fourth-order valence-electron chi connectivity index (χ4n) is 1.07. The first kappa shape index (κ1) is 7.79. The van der Waals surface area contributed by atoms with Gasteiger partial charge < -0.3 is 9.63 Å². The minimum atomic E-state index is 0.156. The van der Waals surface area contributed by atoms with Gasteiger partial charge in [-0.15, -0.1) is 0 Å². The third kappa shape index (κ3) is 1.38. The summed E-state index contributed by atoms with van der Waals surface area (Å²) >= 11 is 0. The average Bonchev–Trinajstić information content (AvgIpc) is 2.53. The highest BCUT2D eigenvalue weighted by molar-refractivity contribution is 5.62. The molecule has 0 bridgehead atoms. The molecule has 1 N–H and O–H groups in total. The first-order valence-electron chi connectivity index (χ1n) is 3.86. The largest absolute Gasteiger partial charge is 0.507 e. The van der Waals surface area contributed by atoms with E-state index in [1.807, 2.05) is 0 Å². The number of para-hydroxylation sites is 1. The summed E-state index contributed by atoms with van der Waals surface area (Å²) in [6.45, 7) is 1.70. The summed E-state index contributed by atoms with van der Waals surface area (Å²) < 4.78 is 4.80. The van der Waals surface area contributed by atoms with Crippen LogP contribution < -0.4 is 0 Å². The number of rotatable bonds is 1. The average molecular weight is 176 g/mol. The van der Waals surface area contributed by atoms with Gasteiger partial charge in [0.05, 0.1) is 5.56 Å². The van der Waals surface area contributed by atoms with Crippen LogP contribution in [-0.4, -0.2) is 15.2 Å². The van der Waals surface area contributed by atoms with Crippen LogP contribution in [0, 0.1) is 6.92 Å². The van der Waals surface area contributed by atoms with Crippen LogP contribution in [0.4, 0.5) is 0 Å². The number of benzene rings is 1. The fourth-order valence-corrected chi connectivity index (χ4v) is 1.07. The third-order valence-electron chi connectivity index (χ3n) is 1.67. The molecule has 13 heavy (non-hydrogen) atoms.